The van der Waals surface area contributed by atoms with Crippen molar-refractivity contribution in [2.75, 3.05) is 26.7 Å². The molecule has 0 radical (unpaired) electrons. The molecule has 0 bridgehead atoms. The average molecular weight is 387 g/mol. The van der Waals surface area contributed by atoms with E-state index in [0.29, 0.717) is 13.1 Å². The van der Waals surface area contributed by atoms with E-state index in [4.69, 9.17) is 0 Å². The van der Waals surface area contributed by atoms with Crippen molar-refractivity contribution in [3.05, 3.63) is 29.8 Å². The zero-order valence-corrected chi connectivity index (χ0v) is 15.0. The van der Waals surface area contributed by atoms with Gasteiger partial charge in [0.05, 0.1) is 11.3 Å². The fraction of sp³-hybridized carbons (Fsp3) is 0.600. The fourth-order valence-corrected chi connectivity index (χ4v) is 4.41. The molecule has 4 nitrogen and oxygen atoms in total. The second kappa shape index (κ2) is 8.51. The lowest BCUT2D eigenvalue weighted by Gasteiger charge is -2.31. The second-order valence-electron chi connectivity index (χ2n) is 5.86. The van der Waals surface area contributed by atoms with Gasteiger partial charge >= 0.3 is 6.18 Å². The lowest BCUT2D eigenvalue weighted by Crippen LogP contribution is -2.42. The van der Waals surface area contributed by atoms with E-state index in [1.165, 1.54) is 28.6 Å². The number of piperidine rings is 1. The van der Waals surface area contributed by atoms with Gasteiger partial charge in [0, 0.05) is 13.1 Å². The number of benzene rings is 1. The smallest absolute Gasteiger partial charge is 0.319 e. The quantitative estimate of drug-likeness (QED) is 0.846. The summed E-state index contributed by atoms with van der Waals surface area (Å²) in [5, 5.41) is 3.05. The molecule has 1 aromatic carbocycles. The van der Waals surface area contributed by atoms with Crippen LogP contribution in [0.5, 0.6) is 0 Å². The summed E-state index contributed by atoms with van der Waals surface area (Å²) in [6.45, 7) is 1.64. The highest BCUT2D eigenvalue weighted by molar-refractivity contribution is 7.89. The molecule has 0 saturated carbocycles. The number of alkyl halides is 3. The third-order valence-electron chi connectivity index (χ3n) is 3.94. The first kappa shape index (κ1) is 21.2. The average Bonchev–Trinajstić information content (AvgIpc) is 2.47. The van der Waals surface area contributed by atoms with Crippen LogP contribution < -0.4 is 5.32 Å². The summed E-state index contributed by atoms with van der Waals surface area (Å²) in [6.07, 6.45) is -3.59. The highest BCUT2D eigenvalue weighted by Crippen LogP contribution is 2.25. The van der Waals surface area contributed by atoms with Crippen molar-refractivity contribution in [3.63, 3.8) is 0 Å². The Morgan fingerprint density at radius 2 is 1.88 bits per heavy atom. The van der Waals surface area contributed by atoms with Crippen molar-refractivity contribution in [1.29, 1.82) is 0 Å². The van der Waals surface area contributed by atoms with Gasteiger partial charge < -0.3 is 5.32 Å². The molecule has 1 heterocycles. The minimum Gasteiger partial charge on any atom is -0.319 e. The van der Waals surface area contributed by atoms with Gasteiger partial charge in [-0.3, -0.25) is 0 Å². The minimum absolute atomic E-state index is 0. The first-order chi connectivity index (χ1) is 10.7. The maximum atomic E-state index is 12.6. The van der Waals surface area contributed by atoms with Gasteiger partial charge in [-0.2, -0.15) is 17.5 Å². The summed E-state index contributed by atoms with van der Waals surface area (Å²) in [5.41, 5.74) is 0.0585. The molecule has 1 aliphatic heterocycles. The predicted molar refractivity (Wildman–Crippen MR) is 88.9 cm³/mol. The van der Waals surface area contributed by atoms with Gasteiger partial charge in [0.15, 0.2) is 0 Å². The number of halogens is 4. The third kappa shape index (κ3) is 5.61. The van der Waals surface area contributed by atoms with Crippen molar-refractivity contribution in [2.45, 2.75) is 30.3 Å². The highest BCUT2D eigenvalue weighted by Gasteiger charge is 2.31. The topological polar surface area (TPSA) is 49.4 Å². The van der Waals surface area contributed by atoms with Crippen molar-refractivity contribution < 1.29 is 21.6 Å². The molecule has 1 atom stereocenters. The van der Waals surface area contributed by atoms with Crippen LogP contribution in [0, 0.1) is 5.92 Å². The van der Waals surface area contributed by atoms with Crippen molar-refractivity contribution in [3.8, 4) is 0 Å². The van der Waals surface area contributed by atoms with Crippen LogP contribution in [0.1, 0.15) is 18.4 Å². The number of nitrogens with one attached hydrogen (secondary N) is 1. The van der Waals surface area contributed by atoms with Crippen LogP contribution in [0.2, 0.25) is 0 Å². The Morgan fingerprint density at radius 3 is 2.42 bits per heavy atom. The van der Waals surface area contributed by atoms with E-state index in [-0.39, 0.29) is 28.8 Å². The number of sulfonamides is 1. The second-order valence-corrected chi connectivity index (χ2v) is 7.80. The molecule has 9 heteroatoms. The van der Waals surface area contributed by atoms with Gasteiger partial charge in [-0.1, -0.05) is 12.1 Å². The van der Waals surface area contributed by atoms with Crippen LogP contribution >= 0.6 is 12.4 Å². The van der Waals surface area contributed by atoms with Crippen molar-refractivity contribution in [1.82, 2.24) is 9.62 Å². The molecule has 1 fully saturated rings. The van der Waals surface area contributed by atoms with E-state index in [0.717, 1.165) is 19.4 Å². The normalized spacial score (nSPS) is 19.8. The van der Waals surface area contributed by atoms with E-state index < -0.39 is 22.6 Å². The number of hydrogen-bond acceptors (Lipinski definition) is 3. The van der Waals surface area contributed by atoms with Gasteiger partial charge in [0.25, 0.3) is 0 Å². The molecule has 1 N–H and O–H groups in total. The maximum absolute atomic E-state index is 12.6. The number of nitrogens with zero attached hydrogens (tertiary/aromatic N) is 1. The molecule has 0 aromatic heterocycles. The highest BCUT2D eigenvalue weighted by atomic mass is 35.5. The summed E-state index contributed by atoms with van der Waals surface area (Å²) < 4.78 is 63.7. The maximum Gasteiger partial charge on any atom is 0.393 e. The number of rotatable bonds is 5. The van der Waals surface area contributed by atoms with Gasteiger partial charge in [0.1, 0.15) is 0 Å². The van der Waals surface area contributed by atoms with E-state index in [9.17, 15) is 21.6 Å². The summed E-state index contributed by atoms with van der Waals surface area (Å²) in [7, 11) is -1.82. The summed E-state index contributed by atoms with van der Waals surface area (Å²) in [5.74, 6) is 0.257. The van der Waals surface area contributed by atoms with Crippen LogP contribution in [0.3, 0.4) is 0 Å². The molecule has 1 unspecified atom stereocenters. The third-order valence-corrected chi connectivity index (χ3v) is 5.82. The van der Waals surface area contributed by atoms with Crippen LogP contribution in [0.25, 0.3) is 0 Å². The van der Waals surface area contributed by atoms with Crippen molar-refractivity contribution >= 4 is 22.4 Å². The molecule has 1 aliphatic rings. The molecule has 138 valence electrons. The van der Waals surface area contributed by atoms with Gasteiger partial charge in [-0.05, 0) is 50.0 Å². The number of hydrogen-bond donors (Lipinski definition) is 1. The summed E-state index contributed by atoms with van der Waals surface area (Å²) in [6, 6.07) is 4.99. The van der Waals surface area contributed by atoms with E-state index in [1.54, 1.807) is 0 Å². The minimum atomic E-state index is -4.30. The van der Waals surface area contributed by atoms with Gasteiger partial charge in [-0.15, -0.1) is 12.4 Å². The van der Waals surface area contributed by atoms with Crippen LogP contribution in [-0.2, 0) is 16.4 Å². The molecule has 2 rings (SSSR count). The Bertz CT molecular complexity index is 619. The summed E-state index contributed by atoms with van der Waals surface area (Å²) in [4.78, 5) is 0.0496. The van der Waals surface area contributed by atoms with Gasteiger partial charge in [0.2, 0.25) is 10.0 Å². The van der Waals surface area contributed by atoms with E-state index in [2.05, 4.69) is 5.32 Å². The monoisotopic (exact) mass is 386 g/mol. The zero-order valence-electron chi connectivity index (χ0n) is 13.3. The molecule has 24 heavy (non-hydrogen) atoms. The Morgan fingerprint density at radius 1 is 1.25 bits per heavy atom. The van der Waals surface area contributed by atoms with Gasteiger partial charge in [-0.25, -0.2) is 8.42 Å². The lowest BCUT2D eigenvalue weighted by atomic mass is 10.00. The van der Waals surface area contributed by atoms with E-state index in [1.807, 2.05) is 7.05 Å². The SMILES string of the molecule is CNCC1CCCN(S(=O)(=O)c2ccc(CC(F)(F)F)cc2)C1.Cl. The molecular formula is C15H22ClF3N2O2S. The van der Waals surface area contributed by atoms with E-state index >= 15 is 0 Å². The zero-order chi connectivity index (χ0) is 17.1. The molecule has 1 saturated heterocycles. The van der Waals surface area contributed by atoms with Crippen LogP contribution in [-0.4, -0.2) is 45.6 Å². The molecule has 0 amide bonds. The fourth-order valence-electron chi connectivity index (χ4n) is 2.86. The van der Waals surface area contributed by atoms with Crippen LogP contribution in [0.15, 0.2) is 29.2 Å². The molecule has 0 spiro atoms. The van der Waals surface area contributed by atoms with Crippen molar-refractivity contribution in [2.24, 2.45) is 5.92 Å². The Kier molecular flexibility index (Phi) is 7.52. The lowest BCUT2D eigenvalue weighted by molar-refractivity contribution is -0.127. The van der Waals surface area contributed by atoms with Crippen LogP contribution in [0.4, 0.5) is 13.2 Å². The Labute approximate surface area is 146 Å². The summed E-state index contributed by atoms with van der Waals surface area (Å²) >= 11 is 0. The predicted octanol–water partition coefficient (Wildman–Crippen LogP) is 2.83. The molecular weight excluding hydrogens is 365 g/mol. The largest absolute Gasteiger partial charge is 0.393 e. The molecule has 1 aromatic rings. The standard InChI is InChI=1S/C15H21F3N2O2S.ClH/c1-19-10-13-3-2-8-20(11-13)23(21,22)14-6-4-12(5-7-14)9-15(16,17)18;/h4-7,13,19H,2-3,8-11H2,1H3;1H. The Balaban J connectivity index is 0.00000288. The molecule has 0 aliphatic carbocycles. The Hall–Kier alpha value is -0.830. The first-order valence-electron chi connectivity index (χ1n) is 7.53. The first-order valence-corrected chi connectivity index (χ1v) is 8.97.